The van der Waals surface area contributed by atoms with Crippen LogP contribution in [0.2, 0.25) is 0 Å². The molecule has 7 nitrogen and oxygen atoms in total. The number of hydrogen-bond donors (Lipinski definition) is 2. The van der Waals surface area contributed by atoms with Crippen molar-refractivity contribution in [3.05, 3.63) is 71.4 Å². The van der Waals surface area contributed by atoms with Gasteiger partial charge in [0.05, 0.1) is 11.1 Å². The molecule has 0 aliphatic carbocycles. The molecule has 28 heavy (non-hydrogen) atoms. The molecule has 2 N–H and O–H groups in total. The van der Waals surface area contributed by atoms with Gasteiger partial charge in [-0.3, -0.25) is 15.1 Å². The van der Waals surface area contributed by atoms with Crippen molar-refractivity contribution in [3.8, 4) is 0 Å². The van der Waals surface area contributed by atoms with Crippen molar-refractivity contribution < 1.29 is 19.1 Å². The number of hydrogen-bond acceptors (Lipinski definition) is 5. The molecule has 0 aliphatic heterocycles. The van der Waals surface area contributed by atoms with E-state index in [1.165, 1.54) is 0 Å². The van der Waals surface area contributed by atoms with Gasteiger partial charge in [0.2, 0.25) is 0 Å². The number of urea groups is 1. The second kappa shape index (κ2) is 8.30. The summed E-state index contributed by atoms with van der Waals surface area (Å²) >= 11 is 0. The van der Waals surface area contributed by atoms with Crippen LogP contribution in [0.1, 0.15) is 21.5 Å². The standard InChI is InChI=1S/C21H19N3O4/c1-13-8-9-15(11-14(13)2)23-21(27)24-19(25)12-28-20(26)17-5-3-7-18-16(17)6-4-10-22-18/h3-11H,12H2,1-2H3,(H2,23,24,25,27). The lowest BCUT2D eigenvalue weighted by molar-refractivity contribution is -0.123. The number of benzene rings is 2. The first-order chi connectivity index (χ1) is 13.4. The normalized spacial score (nSPS) is 10.4. The fourth-order valence-electron chi connectivity index (χ4n) is 2.63. The maximum atomic E-state index is 12.3. The van der Waals surface area contributed by atoms with E-state index in [1.807, 2.05) is 19.9 Å². The van der Waals surface area contributed by atoms with Crippen LogP contribution in [0.4, 0.5) is 10.5 Å². The van der Waals surface area contributed by atoms with E-state index in [1.54, 1.807) is 48.7 Å². The molecule has 7 heteroatoms. The minimum absolute atomic E-state index is 0.304. The van der Waals surface area contributed by atoms with Gasteiger partial charge in [0, 0.05) is 17.3 Å². The number of pyridine rings is 1. The quantitative estimate of drug-likeness (QED) is 0.680. The average Bonchev–Trinajstić information content (AvgIpc) is 2.68. The van der Waals surface area contributed by atoms with E-state index in [0.29, 0.717) is 22.2 Å². The number of fused-ring (bicyclic) bond motifs is 1. The van der Waals surface area contributed by atoms with E-state index >= 15 is 0 Å². The predicted molar refractivity (Wildman–Crippen MR) is 105 cm³/mol. The zero-order valence-corrected chi connectivity index (χ0v) is 15.5. The highest BCUT2D eigenvalue weighted by Crippen LogP contribution is 2.17. The third-order valence-electron chi connectivity index (χ3n) is 4.22. The molecule has 3 rings (SSSR count). The van der Waals surface area contributed by atoms with Crippen molar-refractivity contribution in [2.75, 3.05) is 11.9 Å². The number of nitrogens with one attached hydrogen (secondary N) is 2. The van der Waals surface area contributed by atoms with Crippen LogP contribution >= 0.6 is 0 Å². The molecule has 0 saturated carbocycles. The van der Waals surface area contributed by atoms with Gasteiger partial charge in [0.1, 0.15) is 0 Å². The Bertz CT molecular complexity index is 1060. The molecular weight excluding hydrogens is 358 g/mol. The SMILES string of the molecule is Cc1ccc(NC(=O)NC(=O)COC(=O)c2cccc3ncccc23)cc1C. The van der Waals surface area contributed by atoms with Gasteiger partial charge in [-0.05, 0) is 55.3 Å². The number of amides is 3. The summed E-state index contributed by atoms with van der Waals surface area (Å²) in [5, 5.41) is 5.32. The van der Waals surface area contributed by atoms with Crippen molar-refractivity contribution in [2.45, 2.75) is 13.8 Å². The van der Waals surface area contributed by atoms with Gasteiger partial charge in [0.15, 0.2) is 6.61 Å². The largest absolute Gasteiger partial charge is 0.452 e. The highest BCUT2D eigenvalue weighted by Gasteiger charge is 2.15. The first-order valence-corrected chi connectivity index (χ1v) is 8.63. The Labute approximate surface area is 161 Å². The van der Waals surface area contributed by atoms with Gasteiger partial charge in [-0.2, -0.15) is 0 Å². The number of imide groups is 1. The van der Waals surface area contributed by atoms with Crippen LogP contribution in [0.5, 0.6) is 0 Å². The monoisotopic (exact) mass is 377 g/mol. The first kappa shape index (κ1) is 19.0. The van der Waals surface area contributed by atoms with Gasteiger partial charge in [0.25, 0.3) is 5.91 Å². The second-order valence-electron chi connectivity index (χ2n) is 6.25. The van der Waals surface area contributed by atoms with Crippen LogP contribution in [-0.4, -0.2) is 29.5 Å². The number of carbonyl (C=O) groups excluding carboxylic acids is 3. The Morgan fingerprint density at radius 2 is 1.82 bits per heavy atom. The Hall–Kier alpha value is -3.74. The summed E-state index contributed by atoms with van der Waals surface area (Å²) in [6, 6.07) is 13.2. The van der Waals surface area contributed by atoms with Crippen LogP contribution in [0, 0.1) is 13.8 Å². The lowest BCUT2D eigenvalue weighted by atomic mass is 10.1. The molecule has 142 valence electrons. The van der Waals surface area contributed by atoms with Gasteiger partial charge >= 0.3 is 12.0 Å². The number of esters is 1. The molecule has 3 aromatic rings. The number of carbonyl (C=O) groups is 3. The van der Waals surface area contributed by atoms with E-state index in [4.69, 9.17) is 4.74 Å². The fourth-order valence-corrected chi connectivity index (χ4v) is 2.63. The Morgan fingerprint density at radius 3 is 2.61 bits per heavy atom. The van der Waals surface area contributed by atoms with E-state index in [2.05, 4.69) is 15.6 Å². The highest BCUT2D eigenvalue weighted by atomic mass is 16.5. The summed E-state index contributed by atoms with van der Waals surface area (Å²) in [4.78, 5) is 40.3. The molecule has 2 aromatic carbocycles. The van der Waals surface area contributed by atoms with Crippen molar-refractivity contribution in [2.24, 2.45) is 0 Å². The molecule has 0 spiro atoms. The molecule has 1 heterocycles. The zero-order chi connectivity index (χ0) is 20.1. The Kier molecular flexibility index (Phi) is 5.64. The number of anilines is 1. The van der Waals surface area contributed by atoms with Crippen LogP contribution < -0.4 is 10.6 Å². The van der Waals surface area contributed by atoms with Crippen molar-refractivity contribution in [3.63, 3.8) is 0 Å². The van der Waals surface area contributed by atoms with Gasteiger partial charge in [-0.1, -0.05) is 18.2 Å². The molecule has 1 aromatic heterocycles. The zero-order valence-electron chi connectivity index (χ0n) is 15.5. The fraction of sp³-hybridized carbons (Fsp3) is 0.143. The van der Waals surface area contributed by atoms with Gasteiger partial charge in [-0.25, -0.2) is 9.59 Å². The minimum atomic E-state index is -0.729. The lowest BCUT2D eigenvalue weighted by Crippen LogP contribution is -2.37. The number of ether oxygens (including phenoxy) is 1. The minimum Gasteiger partial charge on any atom is -0.452 e. The maximum absolute atomic E-state index is 12.3. The second-order valence-corrected chi connectivity index (χ2v) is 6.25. The van der Waals surface area contributed by atoms with Crippen LogP contribution in [-0.2, 0) is 9.53 Å². The summed E-state index contributed by atoms with van der Waals surface area (Å²) in [7, 11) is 0. The van der Waals surface area contributed by atoms with E-state index < -0.39 is 24.5 Å². The van der Waals surface area contributed by atoms with Crippen LogP contribution in [0.3, 0.4) is 0 Å². The summed E-state index contributed by atoms with van der Waals surface area (Å²) in [6.45, 7) is 3.31. The van der Waals surface area contributed by atoms with Gasteiger partial charge < -0.3 is 10.1 Å². The average molecular weight is 377 g/mol. The third kappa shape index (κ3) is 4.50. The number of rotatable bonds is 4. The number of aromatic nitrogens is 1. The summed E-state index contributed by atoms with van der Waals surface area (Å²) in [5.41, 5.74) is 3.63. The first-order valence-electron chi connectivity index (χ1n) is 8.63. The van der Waals surface area contributed by atoms with E-state index in [9.17, 15) is 14.4 Å². The number of aryl methyl sites for hydroxylation is 2. The van der Waals surface area contributed by atoms with Gasteiger partial charge in [-0.15, -0.1) is 0 Å². The summed E-state index contributed by atoms with van der Waals surface area (Å²) < 4.78 is 5.03. The molecule has 0 atom stereocenters. The molecule has 3 amide bonds. The van der Waals surface area contributed by atoms with Crippen molar-refractivity contribution >= 4 is 34.5 Å². The summed E-state index contributed by atoms with van der Waals surface area (Å²) in [5.74, 6) is -1.39. The Morgan fingerprint density at radius 1 is 1.00 bits per heavy atom. The van der Waals surface area contributed by atoms with E-state index in [0.717, 1.165) is 11.1 Å². The topological polar surface area (TPSA) is 97.4 Å². The molecule has 0 radical (unpaired) electrons. The van der Waals surface area contributed by atoms with E-state index in [-0.39, 0.29) is 0 Å². The third-order valence-corrected chi connectivity index (χ3v) is 4.22. The highest BCUT2D eigenvalue weighted by molar-refractivity contribution is 6.05. The molecule has 0 aliphatic rings. The molecular formula is C21H19N3O4. The molecule has 0 saturated heterocycles. The van der Waals surface area contributed by atoms with Crippen molar-refractivity contribution in [1.29, 1.82) is 0 Å². The summed E-state index contributed by atoms with van der Waals surface area (Å²) in [6.07, 6.45) is 1.62. The van der Waals surface area contributed by atoms with Crippen LogP contribution in [0.25, 0.3) is 10.9 Å². The van der Waals surface area contributed by atoms with Crippen LogP contribution in [0.15, 0.2) is 54.7 Å². The lowest BCUT2D eigenvalue weighted by Gasteiger charge is -2.09. The Balaban J connectivity index is 1.55. The number of nitrogens with zero attached hydrogens (tertiary/aromatic N) is 1. The maximum Gasteiger partial charge on any atom is 0.339 e. The molecule has 0 bridgehead atoms. The predicted octanol–water partition coefficient (Wildman–Crippen LogP) is 3.36. The smallest absolute Gasteiger partial charge is 0.339 e. The molecule has 0 unspecified atom stereocenters. The molecule has 0 fully saturated rings. The van der Waals surface area contributed by atoms with Crippen molar-refractivity contribution in [1.82, 2.24) is 10.3 Å².